The second-order valence-corrected chi connectivity index (χ2v) is 5.27. The van der Waals surface area contributed by atoms with Crippen molar-refractivity contribution in [3.63, 3.8) is 0 Å². The van der Waals surface area contributed by atoms with E-state index in [-0.39, 0.29) is 6.54 Å². The van der Waals surface area contributed by atoms with Gasteiger partial charge in [0.2, 0.25) is 0 Å². The van der Waals surface area contributed by atoms with Crippen molar-refractivity contribution in [1.29, 1.82) is 0 Å². The van der Waals surface area contributed by atoms with Crippen LogP contribution in [0.5, 0.6) is 0 Å². The Hall–Kier alpha value is -1.43. The summed E-state index contributed by atoms with van der Waals surface area (Å²) in [5.74, 6) is 0. The lowest BCUT2D eigenvalue weighted by atomic mass is 9.86. The van der Waals surface area contributed by atoms with Crippen molar-refractivity contribution < 1.29 is 10.2 Å². The highest BCUT2D eigenvalue weighted by atomic mass is 35.5. The molecule has 0 fully saturated rings. The molecule has 2 N–H and O–H groups in total. The number of hydrogen-bond donors (Lipinski definition) is 2. The largest absolute Gasteiger partial charge is 0.390 e. The van der Waals surface area contributed by atoms with Crippen molar-refractivity contribution in [2.24, 2.45) is 0 Å². The summed E-state index contributed by atoms with van der Waals surface area (Å²) in [5, 5.41) is 25.9. The number of nitrogens with zero attached hydrogens (tertiary/aromatic N) is 3. The first-order valence-electron chi connectivity index (χ1n) is 6.55. The minimum Gasteiger partial charge on any atom is -0.390 e. The van der Waals surface area contributed by atoms with Crippen LogP contribution in [-0.2, 0) is 12.1 Å². The maximum Gasteiger partial charge on any atom is 0.137 e. The van der Waals surface area contributed by atoms with Gasteiger partial charge in [0, 0.05) is 5.02 Å². The lowest BCUT2D eigenvalue weighted by Gasteiger charge is -2.33. The van der Waals surface area contributed by atoms with Crippen molar-refractivity contribution >= 4 is 11.6 Å². The highest BCUT2D eigenvalue weighted by Gasteiger charge is 2.37. The summed E-state index contributed by atoms with van der Waals surface area (Å²) in [5.41, 5.74) is -0.813. The molecule has 108 valence electrons. The molecule has 0 aliphatic heterocycles. The Labute approximate surface area is 122 Å². The van der Waals surface area contributed by atoms with Gasteiger partial charge < -0.3 is 10.2 Å². The van der Waals surface area contributed by atoms with Gasteiger partial charge in [-0.3, -0.25) is 0 Å². The molecule has 0 bridgehead atoms. The minimum atomic E-state index is -1.42. The molecule has 0 unspecified atom stereocenters. The van der Waals surface area contributed by atoms with Crippen LogP contribution in [0.2, 0.25) is 5.02 Å². The molecule has 0 spiro atoms. The monoisotopic (exact) mass is 295 g/mol. The molecule has 0 aliphatic carbocycles. The summed E-state index contributed by atoms with van der Waals surface area (Å²) in [6.07, 6.45) is 3.29. The Bertz CT molecular complexity index is 530. The zero-order valence-corrected chi connectivity index (χ0v) is 12.0. The molecule has 1 heterocycles. The average molecular weight is 296 g/mol. The molecular weight excluding hydrogens is 278 g/mol. The fourth-order valence-corrected chi connectivity index (χ4v) is 2.33. The molecule has 6 heteroatoms. The molecule has 1 aromatic heterocycles. The van der Waals surface area contributed by atoms with Crippen molar-refractivity contribution in [1.82, 2.24) is 14.8 Å². The Balaban J connectivity index is 2.34. The van der Waals surface area contributed by atoms with Gasteiger partial charge in [0.15, 0.2) is 0 Å². The molecule has 0 radical (unpaired) electrons. The summed E-state index contributed by atoms with van der Waals surface area (Å²) in [4.78, 5) is 3.86. The van der Waals surface area contributed by atoms with Gasteiger partial charge in [0.05, 0.1) is 12.6 Å². The van der Waals surface area contributed by atoms with E-state index in [0.717, 1.165) is 6.42 Å². The van der Waals surface area contributed by atoms with Gasteiger partial charge in [0.25, 0.3) is 0 Å². The molecule has 20 heavy (non-hydrogen) atoms. The minimum absolute atomic E-state index is 0.135. The Morgan fingerprint density at radius 1 is 1.35 bits per heavy atom. The molecule has 0 amide bonds. The van der Waals surface area contributed by atoms with Crippen LogP contribution in [0.15, 0.2) is 36.9 Å². The molecule has 2 aromatic rings. The zero-order chi connectivity index (χ0) is 14.6. The predicted molar refractivity (Wildman–Crippen MR) is 76.3 cm³/mol. The Kier molecular flexibility index (Phi) is 4.75. The van der Waals surface area contributed by atoms with Crippen molar-refractivity contribution in [3.05, 3.63) is 47.5 Å². The second kappa shape index (κ2) is 6.35. The van der Waals surface area contributed by atoms with E-state index in [9.17, 15) is 10.2 Å². The van der Waals surface area contributed by atoms with Gasteiger partial charge in [-0.2, -0.15) is 5.10 Å². The average Bonchev–Trinajstić information content (AvgIpc) is 2.92. The fourth-order valence-electron chi connectivity index (χ4n) is 2.20. The lowest BCUT2D eigenvalue weighted by molar-refractivity contribution is -0.0970. The van der Waals surface area contributed by atoms with Crippen LogP contribution >= 0.6 is 11.6 Å². The number of rotatable bonds is 6. The molecule has 0 aliphatic rings. The molecule has 0 saturated heterocycles. The van der Waals surface area contributed by atoms with Crippen LogP contribution in [0.4, 0.5) is 0 Å². The first-order valence-corrected chi connectivity index (χ1v) is 6.93. The van der Waals surface area contributed by atoms with Crippen LogP contribution in [-0.4, -0.2) is 31.1 Å². The molecule has 2 atom stereocenters. The first kappa shape index (κ1) is 15.0. The second-order valence-electron chi connectivity index (χ2n) is 4.83. The van der Waals surface area contributed by atoms with Gasteiger partial charge in [-0.05, 0) is 24.1 Å². The van der Waals surface area contributed by atoms with Crippen LogP contribution in [0.25, 0.3) is 0 Å². The van der Waals surface area contributed by atoms with Crippen LogP contribution in [0.3, 0.4) is 0 Å². The molecule has 0 saturated carbocycles. The topological polar surface area (TPSA) is 71.2 Å². The summed E-state index contributed by atoms with van der Waals surface area (Å²) in [6, 6.07) is 6.83. The normalized spacial score (nSPS) is 15.8. The van der Waals surface area contributed by atoms with Crippen LogP contribution < -0.4 is 0 Å². The quantitative estimate of drug-likeness (QED) is 0.855. The van der Waals surface area contributed by atoms with Gasteiger partial charge in [0.1, 0.15) is 18.3 Å². The standard InChI is InChI=1S/C14H18ClN3O2/c1-2-3-13(19)14(20,8-18-10-16-9-17-18)11-4-6-12(15)7-5-11/h4-7,9-10,13,19-20H,2-3,8H2,1H3/t13-,14-/m0/s1. The van der Waals surface area contributed by atoms with Gasteiger partial charge in [-0.1, -0.05) is 37.1 Å². The number of benzene rings is 1. The van der Waals surface area contributed by atoms with E-state index in [0.29, 0.717) is 17.0 Å². The third-order valence-corrected chi connectivity index (χ3v) is 3.58. The SMILES string of the molecule is CCC[C@H](O)[C@](O)(Cn1cncn1)c1ccc(Cl)cc1. The summed E-state index contributed by atoms with van der Waals surface area (Å²) >= 11 is 5.87. The molecule has 1 aromatic carbocycles. The highest BCUT2D eigenvalue weighted by Crippen LogP contribution is 2.30. The first-order chi connectivity index (χ1) is 9.56. The van der Waals surface area contributed by atoms with E-state index in [1.807, 2.05) is 6.92 Å². The van der Waals surface area contributed by atoms with Gasteiger partial charge in [-0.25, -0.2) is 9.67 Å². The van der Waals surface area contributed by atoms with Crippen molar-refractivity contribution in [3.8, 4) is 0 Å². The highest BCUT2D eigenvalue weighted by molar-refractivity contribution is 6.30. The van der Waals surface area contributed by atoms with E-state index in [2.05, 4.69) is 10.1 Å². The zero-order valence-electron chi connectivity index (χ0n) is 11.3. The third kappa shape index (κ3) is 3.17. The van der Waals surface area contributed by atoms with Crippen molar-refractivity contribution in [2.75, 3.05) is 0 Å². The van der Waals surface area contributed by atoms with Gasteiger partial charge in [-0.15, -0.1) is 0 Å². The fraction of sp³-hybridized carbons (Fsp3) is 0.429. The lowest BCUT2D eigenvalue weighted by Crippen LogP contribution is -2.43. The number of halogens is 1. The summed E-state index contributed by atoms with van der Waals surface area (Å²) < 4.78 is 1.51. The third-order valence-electron chi connectivity index (χ3n) is 3.33. The number of hydrogen-bond acceptors (Lipinski definition) is 4. The summed E-state index contributed by atoms with van der Waals surface area (Å²) in [7, 11) is 0. The molecular formula is C14H18ClN3O2. The van der Waals surface area contributed by atoms with Gasteiger partial charge >= 0.3 is 0 Å². The van der Waals surface area contributed by atoms with Crippen LogP contribution in [0.1, 0.15) is 25.3 Å². The Morgan fingerprint density at radius 2 is 2.05 bits per heavy atom. The maximum atomic E-state index is 11.0. The Morgan fingerprint density at radius 3 is 2.60 bits per heavy atom. The number of aliphatic hydroxyl groups is 2. The van der Waals surface area contributed by atoms with E-state index in [1.165, 1.54) is 17.3 Å². The predicted octanol–water partition coefficient (Wildman–Crippen LogP) is 1.98. The van der Waals surface area contributed by atoms with E-state index < -0.39 is 11.7 Å². The van der Waals surface area contributed by atoms with E-state index >= 15 is 0 Å². The smallest absolute Gasteiger partial charge is 0.137 e. The molecule has 5 nitrogen and oxygen atoms in total. The number of aliphatic hydroxyl groups excluding tert-OH is 1. The molecule has 2 rings (SSSR count). The number of aromatic nitrogens is 3. The van der Waals surface area contributed by atoms with E-state index in [1.54, 1.807) is 24.3 Å². The maximum absolute atomic E-state index is 11.0. The van der Waals surface area contributed by atoms with E-state index in [4.69, 9.17) is 11.6 Å². The summed E-state index contributed by atoms with van der Waals surface area (Å²) in [6.45, 7) is 2.09. The van der Waals surface area contributed by atoms with Crippen molar-refractivity contribution in [2.45, 2.75) is 38.0 Å². The van der Waals surface area contributed by atoms with Crippen LogP contribution in [0, 0.1) is 0 Å².